The lowest BCUT2D eigenvalue weighted by molar-refractivity contribution is -0.137. The van der Waals surface area contributed by atoms with E-state index in [4.69, 9.17) is 4.84 Å². The van der Waals surface area contributed by atoms with Gasteiger partial charge >= 0.3 is 6.18 Å². The summed E-state index contributed by atoms with van der Waals surface area (Å²) in [6, 6.07) is 13.6. The second-order valence-electron chi connectivity index (χ2n) is 5.97. The molecule has 2 rings (SSSR count). The molecule has 0 bridgehead atoms. The molecule has 154 valence electrons. The van der Waals surface area contributed by atoms with Gasteiger partial charge in [0.1, 0.15) is 6.21 Å². The summed E-state index contributed by atoms with van der Waals surface area (Å²) in [6.07, 6.45) is -3.76. The lowest BCUT2D eigenvalue weighted by Gasteiger charge is -2.20. The Balaban J connectivity index is 1.81. The van der Waals surface area contributed by atoms with E-state index in [1.165, 1.54) is 12.1 Å². The number of alkyl halides is 3. The summed E-state index contributed by atoms with van der Waals surface area (Å²) in [5.41, 5.74) is 0.0474. The molecule has 2 amide bonds. The first-order valence-corrected chi connectivity index (χ1v) is 8.75. The second-order valence-corrected chi connectivity index (χ2v) is 5.97. The molecule has 29 heavy (non-hydrogen) atoms. The maximum atomic E-state index is 12.7. The number of anilines is 1. The average molecular weight is 407 g/mol. The highest BCUT2D eigenvalue weighted by Gasteiger charge is 2.30. The second kappa shape index (κ2) is 10.3. The van der Waals surface area contributed by atoms with E-state index in [0.717, 1.165) is 23.9 Å². The van der Waals surface area contributed by atoms with Gasteiger partial charge in [0.2, 0.25) is 0 Å². The molecule has 0 atom stereocenters. The van der Waals surface area contributed by atoms with Crippen molar-refractivity contribution < 1.29 is 27.6 Å². The summed E-state index contributed by atoms with van der Waals surface area (Å²) < 4.78 is 38.0. The average Bonchev–Trinajstić information content (AvgIpc) is 2.69. The number of carbonyl (C=O) groups is 2. The monoisotopic (exact) mass is 407 g/mol. The van der Waals surface area contributed by atoms with Crippen LogP contribution in [0.4, 0.5) is 18.9 Å². The summed E-state index contributed by atoms with van der Waals surface area (Å²) in [5, 5.41) is 5.64. The van der Waals surface area contributed by atoms with E-state index in [-0.39, 0.29) is 18.2 Å². The lowest BCUT2D eigenvalue weighted by atomic mass is 10.2. The summed E-state index contributed by atoms with van der Waals surface area (Å²) in [5.74, 6) is -1.10. The molecule has 0 unspecified atom stereocenters. The maximum Gasteiger partial charge on any atom is 0.416 e. The molecular formula is C20H20F3N3O3. The first-order valence-electron chi connectivity index (χ1n) is 8.75. The first-order chi connectivity index (χ1) is 13.8. The van der Waals surface area contributed by atoms with Crippen LogP contribution in [0, 0.1) is 0 Å². The van der Waals surface area contributed by atoms with Crippen LogP contribution < -0.4 is 5.32 Å². The third-order valence-electron chi connectivity index (χ3n) is 3.84. The minimum Gasteiger partial charge on any atom is -0.386 e. The van der Waals surface area contributed by atoms with Crippen molar-refractivity contribution in [1.29, 1.82) is 0 Å². The number of rotatable bonds is 8. The van der Waals surface area contributed by atoms with E-state index in [1.807, 2.05) is 37.3 Å². The van der Waals surface area contributed by atoms with Crippen molar-refractivity contribution in [2.75, 3.05) is 18.5 Å². The van der Waals surface area contributed by atoms with Crippen LogP contribution in [-0.2, 0) is 27.1 Å². The van der Waals surface area contributed by atoms with E-state index in [0.29, 0.717) is 13.1 Å². The maximum absolute atomic E-state index is 12.7. The van der Waals surface area contributed by atoms with Crippen LogP contribution in [0.1, 0.15) is 18.1 Å². The quantitative estimate of drug-likeness (QED) is 0.536. The summed E-state index contributed by atoms with van der Waals surface area (Å²) in [4.78, 5) is 30.3. The lowest BCUT2D eigenvalue weighted by Crippen LogP contribution is -2.33. The Morgan fingerprint density at radius 1 is 1.14 bits per heavy atom. The number of benzene rings is 2. The standard InChI is InChI=1S/C20H20F3N3O3/c1-2-26(13-15-7-4-3-5-8-15)19(28)14-29-24-12-18(27)25-17-10-6-9-16(11-17)20(21,22)23/h3-12H,2,13-14H2,1H3,(H,25,27)/b24-12-. The van der Waals surface area contributed by atoms with Crippen LogP contribution in [-0.4, -0.2) is 36.1 Å². The predicted octanol–water partition coefficient (Wildman–Crippen LogP) is 3.70. The summed E-state index contributed by atoms with van der Waals surface area (Å²) in [6.45, 7) is 2.34. The van der Waals surface area contributed by atoms with Crippen molar-refractivity contribution in [2.24, 2.45) is 5.16 Å². The molecule has 0 saturated heterocycles. The van der Waals surface area contributed by atoms with E-state index >= 15 is 0 Å². The normalized spacial score (nSPS) is 11.3. The Morgan fingerprint density at radius 2 is 1.86 bits per heavy atom. The summed E-state index contributed by atoms with van der Waals surface area (Å²) in [7, 11) is 0. The smallest absolute Gasteiger partial charge is 0.386 e. The Hall–Kier alpha value is -3.36. The Kier molecular flexibility index (Phi) is 7.76. The van der Waals surface area contributed by atoms with Crippen molar-refractivity contribution in [3.05, 3.63) is 65.7 Å². The molecule has 0 spiro atoms. The number of amides is 2. The molecule has 6 nitrogen and oxygen atoms in total. The molecule has 0 aromatic heterocycles. The number of hydrogen-bond donors (Lipinski definition) is 1. The highest BCUT2D eigenvalue weighted by molar-refractivity contribution is 6.31. The molecule has 0 aliphatic rings. The minimum atomic E-state index is -4.51. The molecule has 1 N–H and O–H groups in total. The van der Waals surface area contributed by atoms with E-state index in [9.17, 15) is 22.8 Å². The number of hydrogen-bond acceptors (Lipinski definition) is 4. The Morgan fingerprint density at radius 3 is 2.52 bits per heavy atom. The largest absolute Gasteiger partial charge is 0.416 e. The molecule has 2 aromatic carbocycles. The van der Waals surface area contributed by atoms with Crippen molar-refractivity contribution in [2.45, 2.75) is 19.6 Å². The van der Waals surface area contributed by atoms with Crippen LogP contribution in [0.5, 0.6) is 0 Å². The van der Waals surface area contributed by atoms with Gasteiger partial charge in [0.05, 0.1) is 5.56 Å². The zero-order valence-electron chi connectivity index (χ0n) is 15.6. The van der Waals surface area contributed by atoms with Gasteiger partial charge in [0.25, 0.3) is 11.8 Å². The van der Waals surface area contributed by atoms with Crippen molar-refractivity contribution >= 4 is 23.7 Å². The predicted molar refractivity (Wildman–Crippen MR) is 102 cm³/mol. The van der Waals surface area contributed by atoms with E-state index in [2.05, 4.69) is 10.5 Å². The fourth-order valence-electron chi connectivity index (χ4n) is 2.40. The zero-order valence-corrected chi connectivity index (χ0v) is 15.6. The van der Waals surface area contributed by atoms with Gasteiger partial charge in [-0.3, -0.25) is 9.59 Å². The van der Waals surface area contributed by atoms with Crippen LogP contribution in [0.2, 0.25) is 0 Å². The number of carbonyl (C=O) groups excluding carboxylic acids is 2. The molecule has 0 radical (unpaired) electrons. The zero-order chi connectivity index (χ0) is 21.3. The fourth-order valence-corrected chi connectivity index (χ4v) is 2.40. The van der Waals surface area contributed by atoms with Crippen LogP contribution in [0.25, 0.3) is 0 Å². The van der Waals surface area contributed by atoms with Gasteiger partial charge in [-0.2, -0.15) is 13.2 Å². The van der Waals surface area contributed by atoms with Gasteiger partial charge in [-0.05, 0) is 30.7 Å². The van der Waals surface area contributed by atoms with Gasteiger partial charge in [0, 0.05) is 18.8 Å². The SMILES string of the molecule is CCN(Cc1ccccc1)C(=O)CO/N=C\C(=O)Nc1cccc(C(F)(F)F)c1. The molecule has 0 aliphatic carbocycles. The molecule has 0 fully saturated rings. The number of likely N-dealkylation sites (N-methyl/N-ethyl adjacent to an activating group) is 1. The topological polar surface area (TPSA) is 71.0 Å². The highest BCUT2D eigenvalue weighted by atomic mass is 19.4. The van der Waals surface area contributed by atoms with Gasteiger partial charge in [-0.25, -0.2) is 0 Å². The van der Waals surface area contributed by atoms with E-state index < -0.39 is 17.6 Å². The molecule has 2 aromatic rings. The Labute approximate surface area is 166 Å². The highest BCUT2D eigenvalue weighted by Crippen LogP contribution is 2.30. The number of oxime groups is 1. The molecule has 0 heterocycles. The molecular weight excluding hydrogens is 387 g/mol. The van der Waals surface area contributed by atoms with Gasteiger partial charge in [-0.15, -0.1) is 0 Å². The number of nitrogens with one attached hydrogen (secondary N) is 1. The molecule has 0 saturated carbocycles. The number of nitrogens with zero attached hydrogens (tertiary/aromatic N) is 2. The van der Waals surface area contributed by atoms with Crippen molar-refractivity contribution in [3.63, 3.8) is 0 Å². The van der Waals surface area contributed by atoms with Gasteiger partial charge in [0.15, 0.2) is 6.61 Å². The summed E-state index contributed by atoms with van der Waals surface area (Å²) >= 11 is 0. The van der Waals surface area contributed by atoms with Crippen LogP contribution >= 0.6 is 0 Å². The van der Waals surface area contributed by atoms with Gasteiger partial charge < -0.3 is 15.1 Å². The van der Waals surface area contributed by atoms with Crippen LogP contribution in [0.3, 0.4) is 0 Å². The molecule has 0 aliphatic heterocycles. The minimum absolute atomic E-state index is 0.0348. The van der Waals surface area contributed by atoms with E-state index in [1.54, 1.807) is 4.90 Å². The first kappa shape index (κ1) is 21.9. The third kappa shape index (κ3) is 7.28. The molecule has 9 heteroatoms. The third-order valence-corrected chi connectivity index (χ3v) is 3.84. The van der Waals surface area contributed by atoms with Crippen molar-refractivity contribution in [3.8, 4) is 0 Å². The Bertz CT molecular complexity index is 855. The van der Waals surface area contributed by atoms with Crippen LogP contribution in [0.15, 0.2) is 59.8 Å². The fraction of sp³-hybridized carbons (Fsp3) is 0.250. The van der Waals surface area contributed by atoms with Crippen molar-refractivity contribution in [1.82, 2.24) is 4.90 Å². The van der Waals surface area contributed by atoms with Gasteiger partial charge in [-0.1, -0.05) is 41.6 Å². The number of halogens is 3.